The molecule has 0 bridgehead atoms. The molecule has 1 saturated carbocycles. The molecule has 21 heavy (non-hydrogen) atoms. The van der Waals surface area contributed by atoms with Crippen LogP contribution in [0.5, 0.6) is 0 Å². The topological polar surface area (TPSA) is 68.2 Å². The highest BCUT2D eigenvalue weighted by Crippen LogP contribution is 2.55. The predicted octanol–water partition coefficient (Wildman–Crippen LogP) is 1.80. The molecule has 1 spiro atoms. The van der Waals surface area contributed by atoms with Crippen molar-refractivity contribution < 1.29 is 9.63 Å². The van der Waals surface area contributed by atoms with Gasteiger partial charge in [-0.05, 0) is 31.9 Å². The maximum Gasteiger partial charge on any atom is 0.366 e. The quantitative estimate of drug-likeness (QED) is 0.836. The number of aryl methyl sites for hydroxylation is 1. The van der Waals surface area contributed by atoms with Gasteiger partial charge in [-0.15, -0.1) is 0 Å². The van der Waals surface area contributed by atoms with E-state index < -0.39 is 5.97 Å². The second kappa shape index (κ2) is 4.25. The summed E-state index contributed by atoms with van der Waals surface area (Å²) in [6.07, 6.45) is 6.48. The summed E-state index contributed by atoms with van der Waals surface area (Å²) in [5.41, 5.74) is 3.36. The first-order chi connectivity index (χ1) is 10.2. The fourth-order valence-electron chi connectivity index (χ4n) is 2.76. The minimum atomic E-state index is -0.445. The lowest BCUT2D eigenvalue weighted by Crippen LogP contribution is -2.28. The zero-order valence-electron chi connectivity index (χ0n) is 11.6. The van der Waals surface area contributed by atoms with Gasteiger partial charge in [0, 0.05) is 23.5 Å². The number of carbonyl (C=O) groups is 1. The second-order valence-corrected chi connectivity index (χ2v) is 5.64. The molecule has 1 aliphatic carbocycles. The normalized spacial score (nSPS) is 17.7. The zero-order valence-corrected chi connectivity index (χ0v) is 11.6. The summed E-state index contributed by atoms with van der Waals surface area (Å²) in [5, 5.41) is 1.66. The second-order valence-electron chi connectivity index (χ2n) is 5.64. The number of hydrogen-bond acceptors (Lipinski definition) is 6. The van der Waals surface area contributed by atoms with Crippen molar-refractivity contribution >= 4 is 11.7 Å². The van der Waals surface area contributed by atoms with Crippen molar-refractivity contribution in [3.8, 4) is 0 Å². The van der Waals surface area contributed by atoms with Crippen LogP contribution in [0.25, 0.3) is 0 Å². The van der Waals surface area contributed by atoms with E-state index in [0.29, 0.717) is 12.1 Å². The molecule has 6 heteroatoms. The molecule has 106 valence electrons. The molecule has 1 fully saturated rings. The van der Waals surface area contributed by atoms with E-state index in [1.54, 1.807) is 5.06 Å². The van der Waals surface area contributed by atoms with Crippen LogP contribution in [0.4, 0.5) is 5.69 Å². The predicted molar refractivity (Wildman–Crippen MR) is 74.7 cm³/mol. The van der Waals surface area contributed by atoms with Crippen LogP contribution in [-0.4, -0.2) is 27.5 Å². The van der Waals surface area contributed by atoms with E-state index >= 15 is 0 Å². The Labute approximate surface area is 121 Å². The minimum absolute atomic E-state index is 0.0782. The van der Waals surface area contributed by atoms with Gasteiger partial charge in [0.1, 0.15) is 6.33 Å². The van der Waals surface area contributed by atoms with Gasteiger partial charge in [-0.3, -0.25) is 4.98 Å². The molecule has 0 N–H and O–H groups in total. The highest BCUT2D eigenvalue weighted by Gasteiger charge is 2.54. The van der Waals surface area contributed by atoms with E-state index in [1.807, 2.05) is 19.1 Å². The van der Waals surface area contributed by atoms with Crippen molar-refractivity contribution in [2.75, 3.05) is 11.6 Å². The molecule has 0 unspecified atom stereocenters. The smallest absolute Gasteiger partial charge is 0.335 e. The number of hydrogen-bond donors (Lipinski definition) is 0. The zero-order chi connectivity index (χ0) is 14.4. The van der Waals surface area contributed by atoms with Crippen LogP contribution in [0, 0.1) is 6.92 Å². The molecule has 2 aliphatic rings. The Balaban J connectivity index is 1.62. The first-order valence-corrected chi connectivity index (χ1v) is 6.91. The summed E-state index contributed by atoms with van der Waals surface area (Å²) in [7, 11) is 0. The van der Waals surface area contributed by atoms with Crippen LogP contribution in [-0.2, 0) is 10.3 Å². The molecule has 6 nitrogen and oxygen atoms in total. The first kappa shape index (κ1) is 12.3. The third-order valence-corrected chi connectivity index (χ3v) is 4.07. The van der Waals surface area contributed by atoms with Gasteiger partial charge in [-0.2, -0.15) is 0 Å². The number of anilines is 1. The molecule has 4 rings (SSSR count). The largest absolute Gasteiger partial charge is 0.366 e. The highest BCUT2D eigenvalue weighted by atomic mass is 16.7. The molecule has 0 amide bonds. The van der Waals surface area contributed by atoms with Crippen LogP contribution in [0.15, 0.2) is 30.9 Å². The Morgan fingerprint density at radius 1 is 1.29 bits per heavy atom. The Hall–Kier alpha value is -2.50. The van der Waals surface area contributed by atoms with Gasteiger partial charge in [0.15, 0.2) is 0 Å². The van der Waals surface area contributed by atoms with Crippen molar-refractivity contribution in [3.05, 3.63) is 47.8 Å². The van der Waals surface area contributed by atoms with Crippen LogP contribution >= 0.6 is 0 Å². The molecule has 3 heterocycles. The summed E-state index contributed by atoms with van der Waals surface area (Å²) in [6, 6.07) is 3.91. The Morgan fingerprint density at radius 2 is 2.05 bits per heavy atom. The van der Waals surface area contributed by atoms with Gasteiger partial charge in [0.2, 0.25) is 0 Å². The fraction of sp³-hybridized carbons (Fsp3) is 0.333. The van der Waals surface area contributed by atoms with Crippen LogP contribution in [0.2, 0.25) is 0 Å². The van der Waals surface area contributed by atoms with Crippen molar-refractivity contribution in [1.29, 1.82) is 0 Å². The van der Waals surface area contributed by atoms with Gasteiger partial charge in [0.05, 0.1) is 23.5 Å². The Morgan fingerprint density at radius 3 is 2.76 bits per heavy atom. The number of aromatic nitrogens is 3. The minimum Gasteiger partial charge on any atom is -0.335 e. The average Bonchev–Trinajstić information content (AvgIpc) is 3.22. The fourth-order valence-corrected chi connectivity index (χ4v) is 2.76. The standard InChI is InChI=1S/C15H14N4O2/c1-10-2-3-12-13(18-10)15(4-5-15)8-19(12)21-14(20)11-6-16-9-17-7-11/h2-3,6-7,9H,4-5,8H2,1H3. The molecule has 2 aromatic heterocycles. The van der Waals surface area contributed by atoms with Gasteiger partial charge >= 0.3 is 5.97 Å². The monoisotopic (exact) mass is 282 g/mol. The van der Waals surface area contributed by atoms with Crippen molar-refractivity contribution in [2.24, 2.45) is 0 Å². The number of hydroxylamine groups is 1. The molecular formula is C15H14N4O2. The summed E-state index contributed by atoms with van der Waals surface area (Å²) in [6.45, 7) is 2.66. The SMILES string of the molecule is Cc1ccc2c(n1)C1(CC1)CN2OC(=O)c1cncnc1. The number of carbonyl (C=O) groups excluding carboxylic acids is 1. The molecule has 0 atom stereocenters. The maximum atomic E-state index is 12.1. The van der Waals surface area contributed by atoms with Crippen molar-refractivity contribution in [3.63, 3.8) is 0 Å². The molecule has 1 aliphatic heterocycles. The summed E-state index contributed by atoms with van der Waals surface area (Å²) in [4.78, 5) is 30.0. The van der Waals surface area contributed by atoms with E-state index in [9.17, 15) is 4.79 Å². The number of fused-ring (bicyclic) bond motifs is 2. The first-order valence-electron chi connectivity index (χ1n) is 6.91. The number of rotatable bonds is 2. The van der Waals surface area contributed by atoms with Crippen LogP contribution in [0.3, 0.4) is 0 Å². The van der Waals surface area contributed by atoms with E-state index in [0.717, 1.165) is 29.9 Å². The van der Waals surface area contributed by atoms with E-state index in [1.165, 1.54) is 18.7 Å². The van der Waals surface area contributed by atoms with Gasteiger partial charge in [-0.25, -0.2) is 19.8 Å². The lowest BCUT2D eigenvalue weighted by Gasteiger charge is -2.18. The molecule has 0 saturated heterocycles. The number of pyridine rings is 1. The summed E-state index contributed by atoms with van der Waals surface area (Å²) in [5.74, 6) is -0.445. The highest BCUT2D eigenvalue weighted by molar-refractivity contribution is 5.89. The summed E-state index contributed by atoms with van der Waals surface area (Å²) < 4.78 is 0. The van der Waals surface area contributed by atoms with E-state index in [2.05, 4.69) is 15.0 Å². The number of nitrogens with zero attached hydrogens (tertiary/aromatic N) is 4. The van der Waals surface area contributed by atoms with Crippen molar-refractivity contribution in [1.82, 2.24) is 15.0 Å². The van der Waals surface area contributed by atoms with Crippen molar-refractivity contribution in [2.45, 2.75) is 25.2 Å². The third kappa shape index (κ3) is 1.94. The van der Waals surface area contributed by atoms with Gasteiger partial charge in [0.25, 0.3) is 0 Å². The van der Waals surface area contributed by atoms with Gasteiger partial charge < -0.3 is 4.84 Å². The van der Waals surface area contributed by atoms with E-state index in [-0.39, 0.29) is 5.41 Å². The van der Waals surface area contributed by atoms with Crippen LogP contribution < -0.4 is 5.06 Å². The van der Waals surface area contributed by atoms with Crippen LogP contribution in [0.1, 0.15) is 34.6 Å². The Bertz CT molecular complexity index is 713. The lowest BCUT2D eigenvalue weighted by atomic mass is 10.0. The van der Waals surface area contributed by atoms with Gasteiger partial charge in [-0.1, -0.05) is 0 Å². The van der Waals surface area contributed by atoms with E-state index in [4.69, 9.17) is 4.84 Å². The average molecular weight is 282 g/mol. The molecular weight excluding hydrogens is 268 g/mol. The lowest BCUT2D eigenvalue weighted by molar-refractivity contribution is 0.0453. The summed E-state index contributed by atoms with van der Waals surface area (Å²) >= 11 is 0. The maximum absolute atomic E-state index is 12.1. The Kier molecular flexibility index (Phi) is 2.48. The third-order valence-electron chi connectivity index (χ3n) is 4.07. The molecule has 2 aromatic rings. The molecule has 0 aromatic carbocycles. The molecule has 0 radical (unpaired) electrons.